The van der Waals surface area contributed by atoms with Gasteiger partial charge in [0.2, 0.25) is 12.7 Å². The van der Waals surface area contributed by atoms with Gasteiger partial charge in [0.05, 0.1) is 6.26 Å². The fraction of sp³-hybridized carbons (Fsp3) is 0.188. The first-order valence-corrected chi connectivity index (χ1v) is 6.69. The molecule has 2 aromatic rings. The number of nitrogens with one attached hydrogen (secondary N) is 1. The van der Waals surface area contributed by atoms with Crippen LogP contribution in [-0.2, 0) is 11.2 Å². The zero-order chi connectivity index (χ0) is 14.5. The summed E-state index contributed by atoms with van der Waals surface area (Å²) < 4.78 is 15.7. The average Bonchev–Trinajstić information content (AvgIpc) is 3.15. The van der Waals surface area contributed by atoms with Crippen LogP contribution in [0.15, 0.2) is 47.1 Å². The maximum Gasteiger partial charge on any atom is 0.244 e. The lowest BCUT2D eigenvalue weighted by atomic mass is 10.2. The van der Waals surface area contributed by atoms with E-state index in [0.29, 0.717) is 18.7 Å². The molecule has 0 unspecified atom stereocenters. The van der Waals surface area contributed by atoms with Crippen molar-refractivity contribution >= 4 is 12.0 Å². The molecule has 5 heteroatoms. The molecule has 1 aromatic heterocycles. The molecule has 3 rings (SSSR count). The fourth-order valence-corrected chi connectivity index (χ4v) is 2.01. The number of rotatable bonds is 5. The molecular formula is C16H15NO4. The summed E-state index contributed by atoms with van der Waals surface area (Å²) in [6.45, 7) is 0.785. The highest BCUT2D eigenvalue weighted by Crippen LogP contribution is 2.32. The van der Waals surface area contributed by atoms with Crippen molar-refractivity contribution in [2.24, 2.45) is 0 Å². The molecular weight excluding hydrogens is 270 g/mol. The third-order valence-corrected chi connectivity index (χ3v) is 3.07. The molecule has 1 aliphatic rings. The van der Waals surface area contributed by atoms with Gasteiger partial charge in [-0.3, -0.25) is 4.79 Å². The standard InChI is InChI=1S/C16H15NO4/c18-16(17-8-7-13-2-1-9-19-13)6-4-12-3-5-14-15(10-12)21-11-20-14/h1-6,9-10H,7-8,11H2,(H,17,18). The van der Waals surface area contributed by atoms with Crippen molar-refractivity contribution in [3.63, 3.8) is 0 Å². The van der Waals surface area contributed by atoms with Gasteiger partial charge in [0, 0.05) is 19.0 Å². The maximum absolute atomic E-state index is 11.7. The summed E-state index contributed by atoms with van der Waals surface area (Å²) in [4.78, 5) is 11.7. The Kier molecular flexibility index (Phi) is 3.91. The first kappa shape index (κ1) is 13.3. The van der Waals surface area contributed by atoms with Crippen LogP contribution in [-0.4, -0.2) is 19.2 Å². The van der Waals surface area contributed by atoms with Gasteiger partial charge >= 0.3 is 0 Å². The Morgan fingerprint density at radius 1 is 1.24 bits per heavy atom. The third kappa shape index (κ3) is 3.45. The van der Waals surface area contributed by atoms with Gasteiger partial charge in [0.25, 0.3) is 0 Å². The molecule has 2 heterocycles. The summed E-state index contributed by atoms with van der Waals surface area (Å²) in [5, 5.41) is 2.80. The van der Waals surface area contributed by atoms with E-state index >= 15 is 0 Å². The van der Waals surface area contributed by atoms with Crippen LogP contribution in [0, 0.1) is 0 Å². The molecule has 5 nitrogen and oxygen atoms in total. The molecule has 0 fully saturated rings. The second kappa shape index (κ2) is 6.17. The van der Waals surface area contributed by atoms with Crippen LogP contribution in [0.3, 0.4) is 0 Å². The van der Waals surface area contributed by atoms with Crippen LogP contribution in [0.2, 0.25) is 0 Å². The van der Waals surface area contributed by atoms with E-state index < -0.39 is 0 Å². The molecule has 0 radical (unpaired) electrons. The number of ether oxygens (including phenoxy) is 2. The minimum absolute atomic E-state index is 0.140. The quantitative estimate of drug-likeness (QED) is 0.857. The molecule has 0 aliphatic carbocycles. The molecule has 1 aromatic carbocycles. The van der Waals surface area contributed by atoms with Gasteiger partial charge in [-0.05, 0) is 35.9 Å². The number of amides is 1. The topological polar surface area (TPSA) is 60.7 Å². The molecule has 0 atom stereocenters. The molecule has 21 heavy (non-hydrogen) atoms. The molecule has 1 aliphatic heterocycles. The summed E-state index contributed by atoms with van der Waals surface area (Å²) in [7, 11) is 0. The zero-order valence-corrected chi connectivity index (χ0v) is 11.4. The number of hydrogen-bond acceptors (Lipinski definition) is 4. The van der Waals surface area contributed by atoms with E-state index in [1.807, 2.05) is 30.3 Å². The van der Waals surface area contributed by atoms with Crippen molar-refractivity contribution in [2.75, 3.05) is 13.3 Å². The van der Waals surface area contributed by atoms with Crippen molar-refractivity contribution in [2.45, 2.75) is 6.42 Å². The number of fused-ring (bicyclic) bond motifs is 1. The maximum atomic E-state index is 11.7. The highest BCUT2D eigenvalue weighted by atomic mass is 16.7. The molecule has 1 N–H and O–H groups in total. The van der Waals surface area contributed by atoms with Crippen molar-refractivity contribution < 1.29 is 18.7 Å². The van der Waals surface area contributed by atoms with Gasteiger partial charge in [0.15, 0.2) is 11.5 Å². The molecule has 0 spiro atoms. The number of furan rings is 1. The van der Waals surface area contributed by atoms with E-state index in [0.717, 1.165) is 17.1 Å². The summed E-state index contributed by atoms with van der Waals surface area (Å²) in [6.07, 6.45) is 5.54. The van der Waals surface area contributed by atoms with Crippen LogP contribution in [0.5, 0.6) is 11.5 Å². The predicted octanol–water partition coefficient (Wildman–Crippen LogP) is 2.38. The fourth-order valence-electron chi connectivity index (χ4n) is 2.01. The van der Waals surface area contributed by atoms with E-state index in [4.69, 9.17) is 13.9 Å². The average molecular weight is 285 g/mol. The van der Waals surface area contributed by atoms with Crippen molar-refractivity contribution in [3.05, 3.63) is 54.0 Å². The minimum Gasteiger partial charge on any atom is -0.469 e. The molecule has 0 bridgehead atoms. The number of carbonyl (C=O) groups is 1. The molecule has 1 amide bonds. The van der Waals surface area contributed by atoms with Crippen LogP contribution in [0.4, 0.5) is 0 Å². The number of benzene rings is 1. The van der Waals surface area contributed by atoms with Gasteiger partial charge < -0.3 is 19.2 Å². The van der Waals surface area contributed by atoms with E-state index in [9.17, 15) is 4.79 Å². The highest BCUT2D eigenvalue weighted by molar-refractivity contribution is 5.91. The second-order valence-electron chi connectivity index (χ2n) is 4.57. The Morgan fingerprint density at radius 3 is 3.00 bits per heavy atom. The van der Waals surface area contributed by atoms with Gasteiger partial charge in [-0.2, -0.15) is 0 Å². The number of carbonyl (C=O) groups excluding carboxylic acids is 1. The Labute approximate surface area is 122 Å². The first-order chi connectivity index (χ1) is 10.3. The Hall–Kier alpha value is -2.69. The van der Waals surface area contributed by atoms with E-state index in [-0.39, 0.29) is 12.7 Å². The third-order valence-electron chi connectivity index (χ3n) is 3.07. The summed E-state index contributed by atoms with van der Waals surface area (Å²) >= 11 is 0. The second-order valence-corrected chi connectivity index (χ2v) is 4.57. The lowest BCUT2D eigenvalue weighted by molar-refractivity contribution is -0.116. The van der Waals surface area contributed by atoms with E-state index in [2.05, 4.69) is 5.32 Å². The van der Waals surface area contributed by atoms with Gasteiger partial charge in [-0.15, -0.1) is 0 Å². The SMILES string of the molecule is O=C(C=Cc1ccc2c(c1)OCO2)NCCc1ccco1. The van der Waals surface area contributed by atoms with Crippen LogP contribution < -0.4 is 14.8 Å². The van der Waals surface area contributed by atoms with Crippen LogP contribution >= 0.6 is 0 Å². The minimum atomic E-state index is -0.140. The van der Waals surface area contributed by atoms with E-state index in [1.165, 1.54) is 6.08 Å². The lowest BCUT2D eigenvalue weighted by Crippen LogP contribution is -2.23. The van der Waals surface area contributed by atoms with E-state index in [1.54, 1.807) is 12.3 Å². The largest absolute Gasteiger partial charge is 0.469 e. The zero-order valence-electron chi connectivity index (χ0n) is 11.4. The first-order valence-electron chi connectivity index (χ1n) is 6.69. The van der Waals surface area contributed by atoms with Crippen molar-refractivity contribution in [3.8, 4) is 11.5 Å². The highest BCUT2D eigenvalue weighted by Gasteiger charge is 2.12. The molecule has 0 saturated carbocycles. The smallest absolute Gasteiger partial charge is 0.244 e. The van der Waals surface area contributed by atoms with Gasteiger partial charge in [0.1, 0.15) is 5.76 Å². The van der Waals surface area contributed by atoms with Crippen LogP contribution in [0.25, 0.3) is 6.08 Å². The Balaban J connectivity index is 1.50. The van der Waals surface area contributed by atoms with Crippen molar-refractivity contribution in [1.29, 1.82) is 0 Å². The van der Waals surface area contributed by atoms with Crippen LogP contribution in [0.1, 0.15) is 11.3 Å². The normalized spacial score (nSPS) is 12.8. The predicted molar refractivity (Wildman–Crippen MR) is 77.0 cm³/mol. The molecule has 108 valence electrons. The van der Waals surface area contributed by atoms with Gasteiger partial charge in [-0.1, -0.05) is 6.07 Å². The van der Waals surface area contributed by atoms with Gasteiger partial charge in [-0.25, -0.2) is 0 Å². The van der Waals surface area contributed by atoms with Crippen molar-refractivity contribution in [1.82, 2.24) is 5.32 Å². The lowest BCUT2D eigenvalue weighted by Gasteiger charge is -2.00. The monoisotopic (exact) mass is 285 g/mol. The molecule has 0 saturated heterocycles. The summed E-state index contributed by atoms with van der Waals surface area (Å²) in [6, 6.07) is 9.26. The summed E-state index contributed by atoms with van der Waals surface area (Å²) in [5.74, 6) is 2.15. The Morgan fingerprint density at radius 2 is 2.14 bits per heavy atom. The number of hydrogen-bond donors (Lipinski definition) is 1. The summed E-state index contributed by atoms with van der Waals surface area (Å²) in [5.41, 5.74) is 0.889. The Bertz CT molecular complexity index is 646.